The molecule has 0 spiro atoms. The van der Waals surface area contributed by atoms with Crippen molar-refractivity contribution in [2.75, 3.05) is 0 Å². The van der Waals surface area contributed by atoms with E-state index in [0.717, 1.165) is 0 Å². The van der Waals surface area contributed by atoms with Gasteiger partial charge in [-0.3, -0.25) is 0 Å². The van der Waals surface area contributed by atoms with Crippen molar-refractivity contribution < 1.29 is 24.2 Å². The summed E-state index contributed by atoms with van der Waals surface area (Å²) in [6, 6.07) is 2.85. The van der Waals surface area contributed by atoms with Gasteiger partial charge in [0.25, 0.3) is 0 Å². The second-order valence-corrected chi connectivity index (χ2v) is 5.57. The van der Waals surface area contributed by atoms with Crippen molar-refractivity contribution in [3.05, 3.63) is 35.0 Å². The Labute approximate surface area is 120 Å². The first-order valence-electron chi connectivity index (χ1n) is 6.19. The van der Waals surface area contributed by atoms with Crippen LogP contribution in [0.5, 0.6) is 0 Å². The molecule has 2 aromatic rings. The van der Waals surface area contributed by atoms with Crippen molar-refractivity contribution >= 4 is 11.9 Å². The van der Waals surface area contributed by atoms with E-state index in [1.807, 2.05) is 20.8 Å². The molecule has 2 N–H and O–H groups in total. The highest BCUT2D eigenvalue weighted by atomic mass is 16.4. The molecule has 0 saturated heterocycles. The summed E-state index contributed by atoms with van der Waals surface area (Å²) >= 11 is 0. The summed E-state index contributed by atoms with van der Waals surface area (Å²) in [7, 11) is 0. The number of carbonyl (C=O) groups is 2. The maximum absolute atomic E-state index is 11.2. The molecule has 0 atom stereocenters. The molecule has 8 nitrogen and oxygen atoms in total. The Morgan fingerprint density at radius 1 is 1.24 bits per heavy atom. The highest BCUT2D eigenvalue weighted by Gasteiger charge is 2.29. The van der Waals surface area contributed by atoms with Gasteiger partial charge >= 0.3 is 11.9 Å². The zero-order valence-electron chi connectivity index (χ0n) is 11.8. The molecular weight excluding hydrogens is 278 g/mol. The van der Waals surface area contributed by atoms with Gasteiger partial charge in [0.05, 0.1) is 5.69 Å². The summed E-state index contributed by atoms with van der Waals surface area (Å²) in [5.41, 5.74) is -0.157. The molecule has 0 fully saturated rings. The lowest BCUT2D eigenvalue weighted by atomic mass is 9.90. The van der Waals surface area contributed by atoms with E-state index in [0.29, 0.717) is 11.5 Å². The second kappa shape index (κ2) is 5.04. The van der Waals surface area contributed by atoms with Gasteiger partial charge in [-0.25, -0.2) is 14.3 Å². The van der Waals surface area contributed by atoms with E-state index in [-0.39, 0.29) is 18.0 Å². The Kier molecular flexibility index (Phi) is 3.54. The smallest absolute Gasteiger partial charge is 0.371 e. The Balaban J connectivity index is 2.40. The average molecular weight is 293 g/mol. The Morgan fingerprint density at radius 3 is 2.38 bits per heavy atom. The largest absolute Gasteiger partial charge is 0.476 e. The predicted molar refractivity (Wildman–Crippen MR) is 70.5 cm³/mol. The second-order valence-electron chi connectivity index (χ2n) is 5.57. The van der Waals surface area contributed by atoms with E-state index in [9.17, 15) is 9.59 Å². The van der Waals surface area contributed by atoms with E-state index in [1.54, 1.807) is 0 Å². The zero-order valence-corrected chi connectivity index (χ0v) is 11.8. The number of hydrogen-bond donors (Lipinski definition) is 2. The molecule has 0 radical (unpaired) electrons. The molecule has 112 valence electrons. The van der Waals surface area contributed by atoms with Crippen LogP contribution in [0.4, 0.5) is 0 Å². The van der Waals surface area contributed by atoms with Gasteiger partial charge in [0.15, 0.2) is 5.69 Å². The number of carboxylic acids is 2. The topological polar surface area (TPSA) is 118 Å². The molecule has 2 heterocycles. The summed E-state index contributed by atoms with van der Waals surface area (Å²) < 4.78 is 6.56. The van der Waals surface area contributed by atoms with Crippen LogP contribution in [-0.2, 0) is 12.0 Å². The lowest BCUT2D eigenvalue weighted by Crippen LogP contribution is -2.22. The average Bonchev–Trinajstić information content (AvgIpc) is 2.94. The molecule has 2 aromatic heterocycles. The van der Waals surface area contributed by atoms with Gasteiger partial charge in [-0.2, -0.15) is 0 Å². The third kappa shape index (κ3) is 2.93. The van der Waals surface area contributed by atoms with Crippen molar-refractivity contribution in [3.63, 3.8) is 0 Å². The summed E-state index contributed by atoms with van der Waals surface area (Å²) in [5, 5.41) is 25.5. The fraction of sp³-hybridized carbons (Fsp3) is 0.385. The van der Waals surface area contributed by atoms with Crippen molar-refractivity contribution in [1.82, 2.24) is 15.0 Å². The van der Waals surface area contributed by atoms with Crippen LogP contribution in [0.2, 0.25) is 0 Å². The number of furan rings is 1. The van der Waals surface area contributed by atoms with Crippen molar-refractivity contribution in [1.29, 1.82) is 0 Å². The minimum atomic E-state index is -1.16. The summed E-state index contributed by atoms with van der Waals surface area (Å²) in [6.45, 7) is 5.65. The van der Waals surface area contributed by atoms with E-state index >= 15 is 0 Å². The molecule has 0 amide bonds. The van der Waals surface area contributed by atoms with Gasteiger partial charge in [-0.1, -0.05) is 26.0 Å². The third-order valence-electron chi connectivity index (χ3n) is 2.83. The van der Waals surface area contributed by atoms with Crippen LogP contribution in [0.15, 0.2) is 16.5 Å². The maximum Gasteiger partial charge on any atom is 0.371 e. The first-order valence-corrected chi connectivity index (χ1v) is 6.19. The minimum absolute atomic E-state index is 0.111. The van der Waals surface area contributed by atoms with Crippen molar-refractivity contribution in [2.24, 2.45) is 0 Å². The normalized spacial score (nSPS) is 11.6. The van der Waals surface area contributed by atoms with Crippen molar-refractivity contribution in [3.8, 4) is 0 Å². The van der Waals surface area contributed by atoms with E-state index in [4.69, 9.17) is 14.6 Å². The van der Waals surface area contributed by atoms with Gasteiger partial charge in [-0.15, -0.1) is 5.10 Å². The zero-order chi connectivity index (χ0) is 15.8. The van der Waals surface area contributed by atoms with Crippen LogP contribution >= 0.6 is 0 Å². The number of rotatable bonds is 4. The molecule has 0 bridgehead atoms. The van der Waals surface area contributed by atoms with Gasteiger partial charge in [0, 0.05) is 5.41 Å². The SMILES string of the molecule is CC(C)(C)c1c(C(=O)O)nnn1Cc1ccc(C(=O)O)o1. The van der Waals surface area contributed by atoms with Crippen molar-refractivity contribution in [2.45, 2.75) is 32.7 Å². The molecule has 8 heteroatoms. The number of aromatic nitrogens is 3. The molecule has 0 saturated carbocycles. The van der Waals surface area contributed by atoms with Gasteiger partial charge in [0.2, 0.25) is 5.76 Å². The van der Waals surface area contributed by atoms with Crippen LogP contribution < -0.4 is 0 Å². The molecule has 0 aromatic carbocycles. The van der Waals surface area contributed by atoms with Gasteiger partial charge < -0.3 is 14.6 Å². The maximum atomic E-state index is 11.2. The highest BCUT2D eigenvalue weighted by molar-refractivity contribution is 5.87. The predicted octanol–water partition coefficient (Wildman–Crippen LogP) is 1.61. The fourth-order valence-electron chi connectivity index (χ4n) is 2.04. The van der Waals surface area contributed by atoms with Crippen LogP contribution in [0.25, 0.3) is 0 Å². The minimum Gasteiger partial charge on any atom is -0.476 e. The molecule has 0 aliphatic rings. The number of carboxylic acid groups (broad SMARTS) is 2. The van der Waals surface area contributed by atoms with Gasteiger partial charge in [0.1, 0.15) is 12.3 Å². The molecule has 0 aliphatic carbocycles. The summed E-state index contributed by atoms with van der Waals surface area (Å²) in [4.78, 5) is 22.0. The third-order valence-corrected chi connectivity index (χ3v) is 2.83. The lowest BCUT2D eigenvalue weighted by molar-refractivity contribution is 0.0657. The number of aromatic carboxylic acids is 2. The molecular formula is C13H15N3O5. The van der Waals surface area contributed by atoms with E-state index in [1.165, 1.54) is 16.8 Å². The standard InChI is InChI=1S/C13H15N3O5/c1-13(2,3)10-9(12(19)20)14-15-16(10)6-7-4-5-8(21-7)11(17)18/h4-5H,6H2,1-3H3,(H,17,18)(H,19,20). The number of hydrogen-bond acceptors (Lipinski definition) is 5. The molecule has 0 aliphatic heterocycles. The van der Waals surface area contributed by atoms with Crippen LogP contribution in [-0.4, -0.2) is 37.1 Å². The monoisotopic (exact) mass is 293 g/mol. The van der Waals surface area contributed by atoms with Crippen LogP contribution in [0.1, 0.15) is 53.3 Å². The Bertz CT molecular complexity index is 693. The first kappa shape index (κ1) is 14.8. The summed E-state index contributed by atoms with van der Waals surface area (Å²) in [6.07, 6.45) is 0. The molecule has 0 unspecified atom stereocenters. The fourth-order valence-corrected chi connectivity index (χ4v) is 2.04. The quantitative estimate of drug-likeness (QED) is 0.878. The Hall–Kier alpha value is -2.64. The van der Waals surface area contributed by atoms with E-state index < -0.39 is 17.4 Å². The lowest BCUT2D eigenvalue weighted by Gasteiger charge is -2.19. The number of nitrogens with zero attached hydrogens (tertiary/aromatic N) is 3. The van der Waals surface area contributed by atoms with Crippen LogP contribution in [0.3, 0.4) is 0 Å². The molecule has 2 rings (SSSR count). The first-order chi connectivity index (χ1) is 9.70. The van der Waals surface area contributed by atoms with Crippen LogP contribution in [0, 0.1) is 0 Å². The van der Waals surface area contributed by atoms with Gasteiger partial charge in [-0.05, 0) is 12.1 Å². The Morgan fingerprint density at radius 2 is 1.90 bits per heavy atom. The van der Waals surface area contributed by atoms with E-state index in [2.05, 4.69) is 10.3 Å². The summed E-state index contributed by atoms with van der Waals surface area (Å²) in [5.74, 6) is -2.14. The highest BCUT2D eigenvalue weighted by Crippen LogP contribution is 2.25. The molecule has 21 heavy (non-hydrogen) atoms.